The number of hydrogen-bond acceptors (Lipinski definition) is 9. The molecule has 0 amide bonds. The van der Waals surface area contributed by atoms with Gasteiger partial charge in [-0.05, 0) is 37.3 Å². The molecule has 4 rings (SSSR count). The maximum Gasteiger partial charge on any atom is 0.490 e. The summed E-state index contributed by atoms with van der Waals surface area (Å²) in [5.74, 6) is -2.11. The summed E-state index contributed by atoms with van der Waals surface area (Å²) in [4.78, 5) is 11.1. The van der Waals surface area contributed by atoms with Crippen molar-refractivity contribution >= 4 is 32.7 Å². The number of anilines is 1. The number of alkyl halides is 3. The average molecular weight is 547 g/mol. The molecule has 0 aliphatic carbocycles. The number of benzene rings is 2. The van der Waals surface area contributed by atoms with E-state index in [0.29, 0.717) is 16.7 Å². The Morgan fingerprint density at radius 1 is 1.16 bits per heavy atom. The maximum atomic E-state index is 13.2. The Morgan fingerprint density at radius 3 is 2.43 bits per heavy atom. The predicted molar refractivity (Wildman–Crippen MR) is 127 cm³/mol. The fourth-order valence-corrected chi connectivity index (χ4v) is 4.65. The van der Waals surface area contributed by atoms with Gasteiger partial charge < -0.3 is 33.4 Å². The molecule has 10 nitrogen and oxygen atoms in total. The highest BCUT2D eigenvalue weighted by Crippen LogP contribution is 2.39. The number of nitrogens with one attached hydrogen (secondary N) is 1. The molecule has 37 heavy (non-hydrogen) atoms. The largest absolute Gasteiger partial charge is 0.493 e. The van der Waals surface area contributed by atoms with Gasteiger partial charge in [-0.1, -0.05) is 6.07 Å². The molecule has 2 heterocycles. The zero-order valence-corrected chi connectivity index (χ0v) is 20.9. The predicted octanol–water partition coefficient (Wildman–Crippen LogP) is 3.65. The number of carbonyl (C=O) groups is 1. The molecule has 0 bridgehead atoms. The molecule has 1 aliphatic heterocycles. The Balaban J connectivity index is 0.000000479. The van der Waals surface area contributed by atoms with E-state index in [2.05, 4.69) is 17.1 Å². The van der Waals surface area contributed by atoms with Gasteiger partial charge >= 0.3 is 22.3 Å². The normalized spacial score (nSPS) is 16.1. The molecule has 0 saturated carbocycles. The van der Waals surface area contributed by atoms with Crippen molar-refractivity contribution in [2.24, 2.45) is 0 Å². The molecule has 14 heteroatoms. The molecule has 2 N–H and O–H groups in total. The van der Waals surface area contributed by atoms with Crippen molar-refractivity contribution in [2.45, 2.75) is 24.0 Å². The van der Waals surface area contributed by atoms with Crippen LogP contribution < -0.4 is 23.9 Å². The first kappa shape index (κ1) is 27.9. The smallest absolute Gasteiger partial charge is 0.490 e. The van der Waals surface area contributed by atoms with Crippen LogP contribution in [0.15, 0.2) is 52.0 Å². The van der Waals surface area contributed by atoms with Gasteiger partial charge in [0, 0.05) is 31.1 Å². The minimum Gasteiger partial charge on any atom is -0.493 e. The van der Waals surface area contributed by atoms with E-state index in [1.54, 1.807) is 36.6 Å². The molecule has 1 atom stereocenters. The van der Waals surface area contributed by atoms with E-state index in [9.17, 15) is 21.6 Å². The van der Waals surface area contributed by atoms with Crippen molar-refractivity contribution in [2.75, 3.05) is 38.8 Å². The van der Waals surface area contributed by atoms with Crippen LogP contribution in [0.2, 0.25) is 0 Å². The molecule has 1 aromatic heterocycles. The monoisotopic (exact) mass is 546 g/mol. The van der Waals surface area contributed by atoms with Crippen LogP contribution in [0.1, 0.15) is 6.92 Å². The number of aliphatic carboxylic acids is 1. The van der Waals surface area contributed by atoms with E-state index >= 15 is 0 Å². The van der Waals surface area contributed by atoms with E-state index in [1.807, 2.05) is 0 Å². The quantitative estimate of drug-likeness (QED) is 0.442. The van der Waals surface area contributed by atoms with Crippen molar-refractivity contribution in [1.29, 1.82) is 0 Å². The molecule has 3 aromatic rings. The van der Waals surface area contributed by atoms with Gasteiger partial charge in [-0.25, -0.2) is 4.79 Å². The van der Waals surface area contributed by atoms with Gasteiger partial charge in [-0.3, -0.25) is 0 Å². The Morgan fingerprint density at radius 2 is 1.84 bits per heavy atom. The summed E-state index contributed by atoms with van der Waals surface area (Å²) in [6.45, 7) is 4.38. The van der Waals surface area contributed by atoms with Gasteiger partial charge in [0.1, 0.15) is 4.90 Å². The van der Waals surface area contributed by atoms with E-state index < -0.39 is 22.3 Å². The summed E-state index contributed by atoms with van der Waals surface area (Å²) in [5, 5.41) is 11.2. The lowest BCUT2D eigenvalue weighted by atomic mass is 10.1. The molecule has 0 unspecified atom stereocenters. The zero-order chi connectivity index (χ0) is 27.4. The second-order valence-electron chi connectivity index (χ2n) is 7.91. The van der Waals surface area contributed by atoms with Crippen LogP contribution in [0.3, 0.4) is 0 Å². The summed E-state index contributed by atoms with van der Waals surface area (Å²) < 4.78 is 79.7. The molecular weight excluding hydrogens is 521 g/mol. The average Bonchev–Trinajstić information content (AvgIpc) is 3.31. The minimum absolute atomic E-state index is 0.0439. The standard InChI is InChI=1S/C21H24N2O6S.C2HF3O2/c1-14-13-23(9-8-22-14)17-12-16(11-15-7-10-28-20(15)17)30(24,25)29-19-6-4-5-18(26-2)21(19)27-3;3-2(4,5)1(6)7/h4-7,10-12,14,22H,8-9,13H2,1-3H3;(H,6,7)/t14-;/m0./s1. The number of para-hydroxylation sites is 1. The van der Waals surface area contributed by atoms with Crippen LogP contribution in [-0.4, -0.2) is 65.6 Å². The second-order valence-corrected chi connectivity index (χ2v) is 9.46. The number of nitrogens with zero attached hydrogens (tertiary/aromatic N) is 1. The molecule has 2 aromatic carbocycles. The zero-order valence-electron chi connectivity index (χ0n) is 20.0. The number of methoxy groups -OCH3 is 2. The number of piperazine rings is 1. The summed E-state index contributed by atoms with van der Waals surface area (Å²) in [6.07, 6.45) is -3.53. The Kier molecular flexibility index (Phi) is 8.43. The van der Waals surface area contributed by atoms with Crippen LogP contribution in [0.4, 0.5) is 18.9 Å². The van der Waals surface area contributed by atoms with Crippen molar-refractivity contribution in [3.8, 4) is 17.2 Å². The van der Waals surface area contributed by atoms with E-state index in [-0.39, 0.29) is 22.4 Å². The van der Waals surface area contributed by atoms with Gasteiger partial charge in [-0.2, -0.15) is 21.6 Å². The van der Waals surface area contributed by atoms with Crippen LogP contribution in [0.25, 0.3) is 11.0 Å². The first-order valence-corrected chi connectivity index (χ1v) is 12.2. The Labute approximate surface area is 210 Å². The van der Waals surface area contributed by atoms with E-state index in [1.165, 1.54) is 20.3 Å². The third kappa shape index (κ3) is 6.57. The van der Waals surface area contributed by atoms with Crippen molar-refractivity contribution in [3.63, 3.8) is 0 Å². The summed E-state index contributed by atoms with van der Waals surface area (Å²) >= 11 is 0. The summed E-state index contributed by atoms with van der Waals surface area (Å²) in [7, 11) is -1.23. The number of hydrogen-bond donors (Lipinski definition) is 2. The highest BCUT2D eigenvalue weighted by Gasteiger charge is 2.38. The van der Waals surface area contributed by atoms with Crippen LogP contribution in [-0.2, 0) is 14.9 Å². The molecule has 1 saturated heterocycles. The topological polar surface area (TPSA) is 128 Å². The van der Waals surface area contributed by atoms with Gasteiger partial charge in [-0.15, -0.1) is 0 Å². The van der Waals surface area contributed by atoms with Gasteiger partial charge in [0.25, 0.3) is 0 Å². The lowest BCUT2D eigenvalue weighted by Gasteiger charge is -2.33. The molecule has 202 valence electrons. The number of carboxylic acid groups (broad SMARTS) is 1. The fourth-order valence-electron chi connectivity index (χ4n) is 3.66. The molecule has 1 fully saturated rings. The molecule has 1 aliphatic rings. The molecule has 0 radical (unpaired) electrons. The van der Waals surface area contributed by atoms with Crippen LogP contribution >= 0.6 is 0 Å². The lowest BCUT2D eigenvalue weighted by molar-refractivity contribution is -0.192. The van der Waals surface area contributed by atoms with Crippen molar-refractivity contribution < 1.29 is 49.6 Å². The first-order chi connectivity index (χ1) is 17.4. The van der Waals surface area contributed by atoms with Crippen molar-refractivity contribution in [3.05, 3.63) is 42.7 Å². The fraction of sp³-hybridized carbons (Fsp3) is 0.348. The first-order valence-electron chi connectivity index (χ1n) is 10.8. The minimum atomic E-state index is -5.08. The number of halogens is 3. The van der Waals surface area contributed by atoms with E-state index in [0.717, 1.165) is 25.3 Å². The number of furan rings is 1. The Hall–Kier alpha value is -3.65. The summed E-state index contributed by atoms with van der Waals surface area (Å²) in [5.41, 5.74) is 1.38. The van der Waals surface area contributed by atoms with Crippen LogP contribution in [0.5, 0.6) is 17.2 Å². The third-order valence-electron chi connectivity index (χ3n) is 5.31. The second kappa shape index (κ2) is 11.2. The molecule has 0 spiro atoms. The highest BCUT2D eigenvalue weighted by atomic mass is 32.2. The Bertz CT molecular complexity index is 1360. The van der Waals surface area contributed by atoms with Crippen LogP contribution in [0, 0.1) is 0 Å². The number of ether oxygens (including phenoxy) is 2. The van der Waals surface area contributed by atoms with E-state index in [4.69, 9.17) is 28.0 Å². The number of carboxylic acids is 1. The highest BCUT2D eigenvalue weighted by molar-refractivity contribution is 7.87. The SMILES string of the molecule is COc1cccc(OS(=O)(=O)c2cc(N3CCN[C@@H](C)C3)c3occc3c2)c1OC.O=C(O)C(F)(F)F. The number of fused-ring (bicyclic) bond motifs is 1. The number of rotatable bonds is 6. The van der Waals surface area contributed by atoms with Gasteiger partial charge in [0.2, 0.25) is 5.75 Å². The van der Waals surface area contributed by atoms with Gasteiger partial charge in [0.15, 0.2) is 17.1 Å². The summed E-state index contributed by atoms with van der Waals surface area (Å²) in [6, 6.07) is 10.0. The third-order valence-corrected chi connectivity index (χ3v) is 6.52. The van der Waals surface area contributed by atoms with Crippen molar-refractivity contribution in [1.82, 2.24) is 5.32 Å². The van der Waals surface area contributed by atoms with Gasteiger partial charge in [0.05, 0.1) is 26.2 Å². The lowest BCUT2D eigenvalue weighted by Crippen LogP contribution is -2.49. The molecular formula is C23H25F3N2O8S. The maximum absolute atomic E-state index is 13.2.